The van der Waals surface area contributed by atoms with Gasteiger partial charge in [-0.2, -0.15) is 0 Å². The molecule has 2 atom stereocenters. The Hall–Kier alpha value is -0.860. The van der Waals surface area contributed by atoms with Crippen molar-refractivity contribution in [2.45, 2.75) is 31.9 Å². The summed E-state index contributed by atoms with van der Waals surface area (Å²) in [5, 5.41) is 13.0. The van der Waals surface area contributed by atoms with E-state index in [1.165, 1.54) is 0 Å². The molecule has 1 rings (SSSR count). The van der Waals surface area contributed by atoms with Crippen LogP contribution in [0, 0.1) is 0 Å². The Kier molecular flexibility index (Phi) is 4.63. The zero-order chi connectivity index (χ0) is 10.4. The highest BCUT2D eigenvalue weighted by Gasteiger charge is 2.08. The van der Waals surface area contributed by atoms with Crippen LogP contribution < -0.4 is 5.32 Å². The summed E-state index contributed by atoms with van der Waals surface area (Å²) in [6.45, 7) is 2.12. The van der Waals surface area contributed by atoms with Gasteiger partial charge in [-0.25, -0.2) is 0 Å². The van der Waals surface area contributed by atoms with E-state index in [0.29, 0.717) is 6.04 Å². The Morgan fingerprint density at radius 3 is 2.43 bits per heavy atom. The molecule has 0 bridgehead atoms. The van der Waals surface area contributed by atoms with Crippen LogP contribution in [0.4, 0.5) is 0 Å². The summed E-state index contributed by atoms with van der Waals surface area (Å²) in [4.78, 5) is 0. The van der Waals surface area contributed by atoms with Crippen molar-refractivity contribution < 1.29 is 5.11 Å². The number of nitrogens with one attached hydrogen (secondary N) is 1. The molecule has 0 aliphatic heterocycles. The molecular formula is C12H19NO. The maximum absolute atomic E-state index is 9.84. The molecule has 1 aromatic rings. The van der Waals surface area contributed by atoms with E-state index in [-0.39, 0.29) is 6.10 Å². The summed E-state index contributed by atoms with van der Waals surface area (Å²) in [7, 11) is 1.94. The number of hydrogen-bond donors (Lipinski definition) is 2. The molecule has 2 unspecified atom stereocenters. The van der Waals surface area contributed by atoms with Crippen molar-refractivity contribution >= 4 is 0 Å². The highest BCUT2D eigenvalue weighted by atomic mass is 16.3. The van der Waals surface area contributed by atoms with Crippen LogP contribution in [0.5, 0.6) is 0 Å². The lowest BCUT2D eigenvalue weighted by atomic mass is 10.0. The fraction of sp³-hybridized carbons (Fsp3) is 0.500. The summed E-state index contributed by atoms with van der Waals surface area (Å²) in [5.41, 5.74) is 1.01. The van der Waals surface area contributed by atoms with Crippen LogP contribution >= 0.6 is 0 Å². The van der Waals surface area contributed by atoms with Crippen LogP contribution in [0.3, 0.4) is 0 Å². The standard InChI is InChI=1S/C12H19NO/c1-10(13-2)8-9-12(14)11-6-4-3-5-7-11/h3-7,10,12-14H,8-9H2,1-2H3. The third kappa shape index (κ3) is 3.48. The Balaban J connectivity index is 2.39. The first-order valence-corrected chi connectivity index (χ1v) is 5.14. The molecule has 1 aromatic carbocycles. The van der Waals surface area contributed by atoms with Gasteiger partial charge in [0.15, 0.2) is 0 Å². The second-order valence-corrected chi connectivity index (χ2v) is 3.69. The fourth-order valence-electron chi connectivity index (χ4n) is 1.39. The first-order chi connectivity index (χ1) is 6.74. The van der Waals surface area contributed by atoms with E-state index < -0.39 is 0 Å². The van der Waals surface area contributed by atoms with Crippen LogP contribution in [0.2, 0.25) is 0 Å². The minimum Gasteiger partial charge on any atom is -0.388 e. The highest BCUT2D eigenvalue weighted by Crippen LogP contribution is 2.18. The van der Waals surface area contributed by atoms with Crippen LogP contribution in [0.25, 0.3) is 0 Å². The topological polar surface area (TPSA) is 32.3 Å². The normalized spacial score (nSPS) is 15.1. The molecule has 0 spiro atoms. The van der Waals surface area contributed by atoms with Crippen molar-refractivity contribution in [2.75, 3.05) is 7.05 Å². The van der Waals surface area contributed by atoms with E-state index in [2.05, 4.69) is 12.2 Å². The maximum Gasteiger partial charge on any atom is 0.0790 e. The number of rotatable bonds is 5. The van der Waals surface area contributed by atoms with Gasteiger partial charge in [0.25, 0.3) is 0 Å². The zero-order valence-corrected chi connectivity index (χ0v) is 8.90. The number of benzene rings is 1. The van der Waals surface area contributed by atoms with Crippen molar-refractivity contribution in [1.29, 1.82) is 0 Å². The molecule has 14 heavy (non-hydrogen) atoms. The van der Waals surface area contributed by atoms with Crippen LogP contribution in [0.15, 0.2) is 30.3 Å². The average Bonchev–Trinajstić information content (AvgIpc) is 2.26. The molecule has 0 saturated carbocycles. The van der Waals surface area contributed by atoms with Crippen molar-refractivity contribution in [3.8, 4) is 0 Å². The summed E-state index contributed by atoms with van der Waals surface area (Å²) >= 11 is 0. The van der Waals surface area contributed by atoms with E-state index in [1.807, 2.05) is 37.4 Å². The third-order valence-electron chi connectivity index (χ3n) is 2.55. The van der Waals surface area contributed by atoms with Crippen LogP contribution in [-0.2, 0) is 0 Å². The molecule has 0 fully saturated rings. The molecule has 0 aliphatic carbocycles. The van der Waals surface area contributed by atoms with Gasteiger partial charge in [-0.3, -0.25) is 0 Å². The van der Waals surface area contributed by atoms with Gasteiger partial charge >= 0.3 is 0 Å². The van der Waals surface area contributed by atoms with E-state index in [0.717, 1.165) is 18.4 Å². The van der Waals surface area contributed by atoms with Gasteiger partial charge in [0.05, 0.1) is 6.10 Å². The summed E-state index contributed by atoms with van der Waals surface area (Å²) in [5.74, 6) is 0. The van der Waals surface area contributed by atoms with Crippen LogP contribution in [-0.4, -0.2) is 18.2 Å². The third-order valence-corrected chi connectivity index (χ3v) is 2.55. The molecule has 2 N–H and O–H groups in total. The summed E-state index contributed by atoms with van der Waals surface area (Å²) in [6.07, 6.45) is 1.48. The smallest absolute Gasteiger partial charge is 0.0790 e. The Labute approximate surface area is 86.0 Å². The zero-order valence-electron chi connectivity index (χ0n) is 8.90. The monoisotopic (exact) mass is 193 g/mol. The largest absolute Gasteiger partial charge is 0.388 e. The number of hydrogen-bond acceptors (Lipinski definition) is 2. The molecule has 0 saturated heterocycles. The molecule has 0 radical (unpaired) electrons. The lowest BCUT2D eigenvalue weighted by Gasteiger charge is -2.14. The minimum atomic E-state index is -0.327. The lowest BCUT2D eigenvalue weighted by Crippen LogP contribution is -2.21. The molecule has 0 heterocycles. The summed E-state index contributed by atoms with van der Waals surface area (Å²) < 4.78 is 0. The van der Waals surface area contributed by atoms with Gasteiger partial charge in [-0.15, -0.1) is 0 Å². The van der Waals surface area contributed by atoms with Crippen molar-refractivity contribution in [3.63, 3.8) is 0 Å². The predicted molar refractivity (Wildman–Crippen MR) is 59.2 cm³/mol. The number of aliphatic hydroxyl groups excluding tert-OH is 1. The molecule has 0 amide bonds. The second kappa shape index (κ2) is 5.78. The van der Waals surface area contributed by atoms with E-state index in [1.54, 1.807) is 0 Å². The molecular weight excluding hydrogens is 174 g/mol. The molecule has 78 valence electrons. The average molecular weight is 193 g/mol. The number of aliphatic hydroxyl groups is 1. The fourth-order valence-corrected chi connectivity index (χ4v) is 1.39. The van der Waals surface area contributed by atoms with Crippen LogP contribution in [0.1, 0.15) is 31.4 Å². The summed E-state index contributed by atoms with van der Waals surface area (Å²) in [6, 6.07) is 10.3. The highest BCUT2D eigenvalue weighted by molar-refractivity contribution is 5.17. The predicted octanol–water partition coefficient (Wildman–Crippen LogP) is 2.11. The van der Waals surface area contributed by atoms with Gasteiger partial charge in [-0.05, 0) is 32.4 Å². The van der Waals surface area contributed by atoms with Gasteiger partial charge in [-0.1, -0.05) is 30.3 Å². The molecule has 2 nitrogen and oxygen atoms in total. The Bertz CT molecular complexity index is 248. The van der Waals surface area contributed by atoms with E-state index >= 15 is 0 Å². The Morgan fingerprint density at radius 1 is 1.21 bits per heavy atom. The first-order valence-electron chi connectivity index (χ1n) is 5.14. The first kappa shape index (κ1) is 11.2. The molecule has 0 aliphatic rings. The van der Waals surface area contributed by atoms with Gasteiger partial charge < -0.3 is 10.4 Å². The Morgan fingerprint density at radius 2 is 1.86 bits per heavy atom. The quantitative estimate of drug-likeness (QED) is 0.750. The maximum atomic E-state index is 9.84. The van der Waals surface area contributed by atoms with Gasteiger partial charge in [0, 0.05) is 6.04 Å². The molecule has 0 aromatic heterocycles. The lowest BCUT2D eigenvalue weighted by molar-refractivity contribution is 0.160. The van der Waals surface area contributed by atoms with Gasteiger partial charge in [0.2, 0.25) is 0 Å². The minimum absolute atomic E-state index is 0.327. The van der Waals surface area contributed by atoms with E-state index in [4.69, 9.17) is 0 Å². The molecule has 2 heteroatoms. The van der Waals surface area contributed by atoms with Crippen molar-refractivity contribution in [1.82, 2.24) is 5.32 Å². The SMILES string of the molecule is CNC(C)CCC(O)c1ccccc1. The van der Waals surface area contributed by atoms with E-state index in [9.17, 15) is 5.11 Å². The van der Waals surface area contributed by atoms with Crippen molar-refractivity contribution in [3.05, 3.63) is 35.9 Å². The second-order valence-electron chi connectivity index (χ2n) is 3.69. The van der Waals surface area contributed by atoms with Gasteiger partial charge in [0.1, 0.15) is 0 Å². The van der Waals surface area contributed by atoms with Crippen molar-refractivity contribution in [2.24, 2.45) is 0 Å².